The summed E-state index contributed by atoms with van der Waals surface area (Å²) in [6.07, 6.45) is 0. The van der Waals surface area contributed by atoms with E-state index in [1.165, 1.54) is 33.1 Å². The lowest BCUT2D eigenvalue weighted by atomic mass is 10.1. The Morgan fingerprint density at radius 3 is 1.39 bits per heavy atom. The minimum absolute atomic E-state index is 1.10. The van der Waals surface area contributed by atoms with Crippen LogP contribution in [0.1, 0.15) is 5.69 Å². The molecule has 0 bridgehead atoms. The zero-order valence-corrected chi connectivity index (χ0v) is 25.7. The third-order valence-corrected chi connectivity index (χ3v) is 8.63. The molecule has 0 aliphatic rings. The molecule has 0 fully saturated rings. The molecule has 8 rings (SSSR count). The van der Waals surface area contributed by atoms with Crippen molar-refractivity contribution in [1.29, 1.82) is 0 Å². The summed E-state index contributed by atoms with van der Waals surface area (Å²) >= 11 is 0. The molecule has 0 saturated heterocycles. The minimum Gasteiger partial charge on any atom is -0.314 e. The minimum atomic E-state index is 1.10. The second-order valence-corrected chi connectivity index (χ2v) is 11.6. The largest absolute Gasteiger partial charge is 0.314 e. The van der Waals surface area contributed by atoms with Gasteiger partial charge in [0.25, 0.3) is 0 Å². The van der Waals surface area contributed by atoms with Crippen molar-refractivity contribution in [2.75, 3.05) is 9.80 Å². The maximum atomic E-state index is 2.36. The van der Waals surface area contributed by atoms with E-state index in [1.54, 1.807) is 0 Å². The van der Waals surface area contributed by atoms with Crippen LogP contribution in [0.4, 0.5) is 34.1 Å². The van der Waals surface area contributed by atoms with Crippen molar-refractivity contribution in [2.24, 2.45) is 0 Å². The number of aromatic nitrogens is 1. The molecule has 1 heterocycles. The number of anilines is 6. The van der Waals surface area contributed by atoms with Crippen LogP contribution < -0.4 is 9.80 Å². The van der Waals surface area contributed by atoms with Crippen molar-refractivity contribution in [3.05, 3.63) is 188 Å². The highest BCUT2D eigenvalue weighted by molar-refractivity contribution is 5.93. The SMILES string of the molecule is Cc1cc2cc(N(c3ccc(N(c4ccccc4)c4ccccc4)cc3)c3ccc4ccccc4c3)ccc2n1-c1ccccc1. The van der Waals surface area contributed by atoms with Gasteiger partial charge in [-0.25, -0.2) is 0 Å². The van der Waals surface area contributed by atoms with Gasteiger partial charge in [-0.2, -0.15) is 0 Å². The quantitative estimate of drug-likeness (QED) is 0.183. The summed E-state index contributed by atoms with van der Waals surface area (Å²) in [5.74, 6) is 0. The summed E-state index contributed by atoms with van der Waals surface area (Å²) in [6.45, 7) is 2.18. The first-order valence-electron chi connectivity index (χ1n) is 15.7. The van der Waals surface area contributed by atoms with Crippen LogP contribution in [-0.2, 0) is 0 Å². The summed E-state index contributed by atoms with van der Waals surface area (Å²) in [6, 6.07) is 64.9. The molecule has 220 valence electrons. The number of aryl methyl sites for hydroxylation is 1. The van der Waals surface area contributed by atoms with Gasteiger partial charge in [-0.1, -0.05) is 84.9 Å². The molecule has 0 spiro atoms. The average molecular weight is 592 g/mol. The zero-order chi connectivity index (χ0) is 30.9. The first-order valence-corrected chi connectivity index (χ1v) is 15.7. The van der Waals surface area contributed by atoms with E-state index in [4.69, 9.17) is 0 Å². The predicted molar refractivity (Wildman–Crippen MR) is 195 cm³/mol. The van der Waals surface area contributed by atoms with E-state index < -0.39 is 0 Å². The molecule has 7 aromatic carbocycles. The fourth-order valence-electron chi connectivity index (χ4n) is 6.51. The Morgan fingerprint density at radius 2 is 0.783 bits per heavy atom. The Balaban J connectivity index is 1.25. The molecule has 46 heavy (non-hydrogen) atoms. The monoisotopic (exact) mass is 591 g/mol. The van der Waals surface area contributed by atoms with Gasteiger partial charge in [0.1, 0.15) is 0 Å². The molecule has 1 aromatic heterocycles. The summed E-state index contributed by atoms with van der Waals surface area (Å²) < 4.78 is 2.33. The molecule has 3 heteroatoms. The van der Waals surface area contributed by atoms with Crippen LogP contribution in [0.25, 0.3) is 27.4 Å². The Labute approximate surface area is 269 Å². The van der Waals surface area contributed by atoms with Crippen LogP contribution in [0.15, 0.2) is 182 Å². The van der Waals surface area contributed by atoms with Gasteiger partial charge in [-0.05, 0) is 115 Å². The molecule has 8 aromatic rings. The number of rotatable bonds is 7. The molecular formula is C43H33N3. The van der Waals surface area contributed by atoms with E-state index >= 15 is 0 Å². The van der Waals surface area contributed by atoms with Gasteiger partial charge in [-0.15, -0.1) is 0 Å². The smallest absolute Gasteiger partial charge is 0.0532 e. The molecule has 0 aliphatic heterocycles. The van der Waals surface area contributed by atoms with Gasteiger partial charge in [0.05, 0.1) is 5.52 Å². The maximum Gasteiger partial charge on any atom is 0.0532 e. The zero-order valence-electron chi connectivity index (χ0n) is 25.7. The highest BCUT2D eigenvalue weighted by atomic mass is 15.2. The van der Waals surface area contributed by atoms with Gasteiger partial charge < -0.3 is 14.4 Å². The number of nitrogens with zero attached hydrogens (tertiary/aromatic N) is 3. The summed E-state index contributed by atoms with van der Waals surface area (Å²) in [5.41, 5.74) is 10.3. The molecule has 0 atom stereocenters. The van der Waals surface area contributed by atoms with Crippen molar-refractivity contribution in [1.82, 2.24) is 4.57 Å². The molecule has 3 nitrogen and oxygen atoms in total. The van der Waals surface area contributed by atoms with Gasteiger partial charge in [0.2, 0.25) is 0 Å². The molecule has 0 saturated carbocycles. The van der Waals surface area contributed by atoms with Crippen LogP contribution in [0, 0.1) is 6.92 Å². The number of fused-ring (bicyclic) bond motifs is 2. The fourth-order valence-corrected chi connectivity index (χ4v) is 6.51. The van der Waals surface area contributed by atoms with Crippen LogP contribution in [0.2, 0.25) is 0 Å². The van der Waals surface area contributed by atoms with E-state index in [0.29, 0.717) is 0 Å². The topological polar surface area (TPSA) is 11.4 Å². The van der Waals surface area contributed by atoms with Crippen molar-refractivity contribution >= 4 is 55.8 Å². The van der Waals surface area contributed by atoms with Gasteiger partial charge >= 0.3 is 0 Å². The van der Waals surface area contributed by atoms with Crippen LogP contribution in [0.3, 0.4) is 0 Å². The first-order chi connectivity index (χ1) is 22.7. The lowest BCUT2D eigenvalue weighted by molar-refractivity contribution is 1.05. The summed E-state index contributed by atoms with van der Waals surface area (Å²) in [4.78, 5) is 4.66. The second kappa shape index (κ2) is 11.8. The normalized spacial score (nSPS) is 11.2. The van der Waals surface area contributed by atoms with Crippen LogP contribution >= 0.6 is 0 Å². The molecule has 0 unspecified atom stereocenters. The van der Waals surface area contributed by atoms with Crippen molar-refractivity contribution in [3.8, 4) is 5.69 Å². The first kappa shape index (κ1) is 27.5. The highest BCUT2D eigenvalue weighted by Gasteiger charge is 2.18. The second-order valence-electron chi connectivity index (χ2n) is 11.6. The third-order valence-electron chi connectivity index (χ3n) is 8.63. The van der Waals surface area contributed by atoms with Crippen LogP contribution in [-0.4, -0.2) is 4.57 Å². The molecule has 0 aliphatic carbocycles. The summed E-state index contributed by atoms with van der Waals surface area (Å²) in [7, 11) is 0. The number of para-hydroxylation sites is 3. The van der Waals surface area contributed by atoms with E-state index in [9.17, 15) is 0 Å². The Bertz CT molecular complexity index is 2210. The standard InChI is InChI=1S/C43H33N3/c1-32-29-35-31-42(27-28-43(35)44(32)36-15-5-2-6-16-36)46(41-22-21-33-13-11-12-14-34(33)30-41)40-25-23-39(24-26-40)45(37-17-7-3-8-18-37)38-19-9-4-10-20-38/h2-31H,1H3. The van der Waals surface area contributed by atoms with Gasteiger partial charge in [-0.3, -0.25) is 0 Å². The highest BCUT2D eigenvalue weighted by Crippen LogP contribution is 2.41. The Morgan fingerprint density at radius 1 is 0.348 bits per heavy atom. The molecule has 0 N–H and O–H groups in total. The van der Waals surface area contributed by atoms with Gasteiger partial charge in [0, 0.05) is 50.9 Å². The average Bonchev–Trinajstić information content (AvgIpc) is 3.45. The Hall–Kier alpha value is -6.06. The fraction of sp³-hybridized carbons (Fsp3) is 0.0233. The lowest BCUT2D eigenvalue weighted by Gasteiger charge is -2.28. The third kappa shape index (κ3) is 5.08. The molecule has 0 radical (unpaired) electrons. The number of hydrogen-bond acceptors (Lipinski definition) is 2. The summed E-state index contributed by atoms with van der Waals surface area (Å²) in [5, 5.41) is 3.66. The molecule has 0 amide bonds. The number of benzene rings is 7. The lowest BCUT2D eigenvalue weighted by Crippen LogP contribution is -2.12. The van der Waals surface area contributed by atoms with E-state index in [-0.39, 0.29) is 0 Å². The van der Waals surface area contributed by atoms with E-state index in [0.717, 1.165) is 34.1 Å². The Kier molecular flexibility index (Phi) is 7.05. The van der Waals surface area contributed by atoms with Crippen molar-refractivity contribution in [2.45, 2.75) is 6.92 Å². The molecular weight excluding hydrogens is 558 g/mol. The van der Waals surface area contributed by atoms with Crippen molar-refractivity contribution < 1.29 is 0 Å². The predicted octanol–water partition coefficient (Wildman–Crippen LogP) is 12.0. The maximum absolute atomic E-state index is 2.36. The van der Waals surface area contributed by atoms with Gasteiger partial charge in [0.15, 0.2) is 0 Å². The van der Waals surface area contributed by atoms with Crippen LogP contribution in [0.5, 0.6) is 0 Å². The van der Waals surface area contributed by atoms with Crippen molar-refractivity contribution in [3.63, 3.8) is 0 Å². The van der Waals surface area contributed by atoms with E-state index in [2.05, 4.69) is 203 Å². The number of hydrogen-bond donors (Lipinski definition) is 0. The van der Waals surface area contributed by atoms with E-state index in [1.807, 2.05) is 0 Å².